The maximum absolute atomic E-state index is 4.03. The molecule has 0 amide bonds. The Morgan fingerprint density at radius 2 is 2.17 bits per heavy atom. The van der Waals surface area contributed by atoms with Crippen molar-refractivity contribution in [1.29, 1.82) is 0 Å². The first kappa shape index (κ1) is 11.2. The van der Waals surface area contributed by atoms with Crippen molar-refractivity contribution in [3.8, 4) is 0 Å². The summed E-state index contributed by atoms with van der Waals surface area (Å²) in [6.07, 6.45) is 9.32. The van der Waals surface area contributed by atoms with Crippen molar-refractivity contribution >= 4 is 6.21 Å². The summed E-state index contributed by atoms with van der Waals surface area (Å²) in [6, 6.07) is 0. The predicted molar refractivity (Wildman–Crippen MR) is 56.8 cm³/mol. The predicted octanol–water partition coefficient (Wildman–Crippen LogP) is 3.24. The highest BCUT2D eigenvalue weighted by molar-refractivity contribution is 5.79. The topological polar surface area (TPSA) is 12.4 Å². The molecule has 1 unspecified atom stereocenters. The summed E-state index contributed by atoms with van der Waals surface area (Å²) in [6.45, 7) is 6.43. The van der Waals surface area contributed by atoms with Gasteiger partial charge in [-0.25, -0.2) is 0 Å². The summed E-state index contributed by atoms with van der Waals surface area (Å²) < 4.78 is 0. The molecule has 0 saturated carbocycles. The molecule has 0 saturated heterocycles. The van der Waals surface area contributed by atoms with Gasteiger partial charge in [0, 0.05) is 13.3 Å². The van der Waals surface area contributed by atoms with Crippen LogP contribution in [0, 0.1) is 5.92 Å². The zero-order valence-corrected chi connectivity index (χ0v) is 8.54. The maximum atomic E-state index is 4.03. The number of hydrogen-bond donors (Lipinski definition) is 0. The van der Waals surface area contributed by atoms with Crippen LogP contribution < -0.4 is 0 Å². The van der Waals surface area contributed by atoms with Gasteiger partial charge in [-0.1, -0.05) is 32.1 Å². The number of nitrogens with zero attached hydrogens (tertiary/aromatic N) is 1. The van der Waals surface area contributed by atoms with E-state index in [-0.39, 0.29) is 0 Å². The van der Waals surface area contributed by atoms with Gasteiger partial charge in [-0.3, -0.25) is 4.99 Å². The molecule has 0 aliphatic heterocycles. The smallest absolute Gasteiger partial charge is 0.0277 e. The van der Waals surface area contributed by atoms with Gasteiger partial charge >= 0.3 is 0 Å². The minimum Gasteiger partial charge on any atom is -0.296 e. The molecule has 0 heterocycles. The van der Waals surface area contributed by atoms with E-state index in [0.29, 0.717) is 5.92 Å². The Morgan fingerprint density at radius 1 is 1.50 bits per heavy atom. The summed E-state index contributed by atoms with van der Waals surface area (Å²) in [4.78, 5) is 4.03. The first-order valence-electron chi connectivity index (χ1n) is 4.51. The number of allylic oxidation sites excluding steroid dienone is 4. The molecule has 0 rings (SSSR count). The Morgan fingerprint density at radius 3 is 2.58 bits per heavy atom. The Balaban J connectivity index is 4.41. The lowest BCUT2D eigenvalue weighted by Gasteiger charge is -2.07. The van der Waals surface area contributed by atoms with Crippen LogP contribution in [0.25, 0.3) is 0 Å². The van der Waals surface area contributed by atoms with E-state index in [1.165, 1.54) is 5.57 Å². The second-order valence-corrected chi connectivity index (χ2v) is 2.89. The van der Waals surface area contributed by atoms with Crippen LogP contribution in [0.3, 0.4) is 0 Å². The minimum absolute atomic E-state index is 0.602. The van der Waals surface area contributed by atoms with Gasteiger partial charge < -0.3 is 0 Å². The van der Waals surface area contributed by atoms with E-state index >= 15 is 0 Å². The third kappa shape index (κ3) is 4.12. The van der Waals surface area contributed by atoms with Gasteiger partial charge in [-0.2, -0.15) is 0 Å². The van der Waals surface area contributed by atoms with Crippen LogP contribution in [0.15, 0.2) is 28.8 Å². The van der Waals surface area contributed by atoms with E-state index in [4.69, 9.17) is 0 Å². The van der Waals surface area contributed by atoms with Gasteiger partial charge in [-0.15, -0.1) is 0 Å². The molecule has 0 aromatic heterocycles. The normalized spacial score (nSPS) is 16.2. The van der Waals surface area contributed by atoms with Crippen LogP contribution in [0.4, 0.5) is 0 Å². The lowest BCUT2D eigenvalue weighted by Crippen LogP contribution is -1.98. The number of rotatable bonds is 4. The standard InChI is InChI=1S/C11H19N/c1-5-7-8-11(9-12-4)10(3)6-2/h5,7-10H,6H2,1-4H3/b7-5-,11-8+,12-9?. The van der Waals surface area contributed by atoms with Crippen molar-refractivity contribution < 1.29 is 0 Å². The fraction of sp³-hybridized carbons (Fsp3) is 0.545. The molecule has 12 heavy (non-hydrogen) atoms. The summed E-state index contributed by atoms with van der Waals surface area (Å²) in [7, 11) is 1.81. The monoisotopic (exact) mass is 165 g/mol. The molecule has 68 valence electrons. The molecule has 0 N–H and O–H groups in total. The highest BCUT2D eigenvalue weighted by atomic mass is 14.6. The van der Waals surface area contributed by atoms with Gasteiger partial charge in [0.25, 0.3) is 0 Å². The van der Waals surface area contributed by atoms with Crippen LogP contribution in [0.5, 0.6) is 0 Å². The first-order chi connectivity index (χ1) is 5.76. The molecule has 1 nitrogen and oxygen atoms in total. The molecular formula is C11H19N. The Hall–Kier alpha value is -0.850. The first-order valence-corrected chi connectivity index (χ1v) is 4.51. The zero-order valence-electron chi connectivity index (χ0n) is 8.54. The highest BCUT2D eigenvalue weighted by Gasteiger charge is 2.01. The van der Waals surface area contributed by atoms with Crippen molar-refractivity contribution in [1.82, 2.24) is 0 Å². The van der Waals surface area contributed by atoms with Crippen LogP contribution in [-0.4, -0.2) is 13.3 Å². The summed E-state index contributed by atoms with van der Waals surface area (Å²) >= 11 is 0. The Labute approximate surface area is 75.9 Å². The Bertz CT molecular complexity index is 187. The molecule has 0 bridgehead atoms. The molecule has 0 spiro atoms. The van der Waals surface area contributed by atoms with Crippen LogP contribution in [0.2, 0.25) is 0 Å². The zero-order chi connectivity index (χ0) is 9.40. The van der Waals surface area contributed by atoms with Crippen LogP contribution >= 0.6 is 0 Å². The van der Waals surface area contributed by atoms with Gasteiger partial charge in [0.1, 0.15) is 0 Å². The number of hydrogen-bond acceptors (Lipinski definition) is 1. The lowest BCUT2D eigenvalue weighted by atomic mass is 9.99. The maximum Gasteiger partial charge on any atom is 0.0277 e. The van der Waals surface area contributed by atoms with Gasteiger partial charge in [0.05, 0.1) is 0 Å². The van der Waals surface area contributed by atoms with Crippen molar-refractivity contribution in [2.45, 2.75) is 27.2 Å². The molecular weight excluding hydrogens is 146 g/mol. The highest BCUT2D eigenvalue weighted by Crippen LogP contribution is 2.12. The van der Waals surface area contributed by atoms with Crippen molar-refractivity contribution in [3.05, 3.63) is 23.8 Å². The van der Waals surface area contributed by atoms with Gasteiger partial charge in [-0.05, 0) is 24.8 Å². The molecule has 0 aromatic carbocycles. The SMILES string of the molecule is C/C=C\C=C(/C=NC)C(C)CC. The summed E-state index contributed by atoms with van der Waals surface area (Å²) in [5, 5.41) is 0. The molecule has 1 atom stereocenters. The fourth-order valence-electron chi connectivity index (χ4n) is 0.927. The lowest BCUT2D eigenvalue weighted by molar-refractivity contribution is 0.680. The molecule has 0 aliphatic rings. The van der Waals surface area contributed by atoms with E-state index in [2.05, 4.69) is 31.0 Å². The van der Waals surface area contributed by atoms with Gasteiger partial charge in [0.2, 0.25) is 0 Å². The van der Waals surface area contributed by atoms with Gasteiger partial charge in [0.15, 0.2) is 0 Å². The quantitative estimate of drug-likeness (QED) is 0.448. The largest absolute Gasteiger partial charge is 0.296 e. The molecule has 1 heteroatoms. The van der Waals surface area contributed by atoms with Crippen LogP contribution in [-0.2, 0) is 0 Å². The average Bonchev–Trinajstić information content (AvgIpc) is 2.11. The third-order valence-corrected chi connectivity index (χ3v) is 1.94. The molecule has 0 aliphatic carbocycles. The second-order valence-electron chi connectivity index (χ2n) is 2.89. The minimum atomic E-state index is 0.602. The van der Waals surface area contributed by atoms with Crippen molar-refractivity contribution in [2.24, 2.45) is 10.9 Å². The summed E-state index contributed by atoms with van der Waals surface area (Å²) in [5.74, 6) is 0.602. The third-order valence-electron chi connectivity index (χ3n) is 1.94. The van der Waals surface area contributed by atoms with E-state index in [0.717, 1.165) is 6.42 Å². The summed E-state index contributed by atoms with van der Waals surface area (Å²) in [5.41, 5.74) is 1.30. The average molecular weight is 165 g/mol. The molecule has 0 aromatic rings. The number of aliphatic imine (C=N–C) groups is 1. The van der Waals surface area contributed by atoms with Crippen molar-refractivity contribution in [2.75, 3.05) is 7.05 Å². The van der Waals surface area contributed by atoms with Crippen molar-refractivity contribution in [3.63, 3.8) is 0 Å². The van der Waals surface area contributed by atoms with E-state index in [9.17, 15) is 0 Å². The van der Waals surface area contributed by atoms with E-state index < -0.39 is 0 Å². The Kier molecular flexibility index (Phi) is 6.35. The second kappa shape index (κ2) is 6.84. The fourth-order valence-corrected chi connectivity index (χ4v) is 0.927. The molecule has 0 radical (unpaired) electrons. The molecule has 0 fully saturated rings. The van der Waals surface area contributed by atoms with E-state index in [1.807, 2.05) is 26.3 Å². The van der Waals surface area contributed by atoms with Crippen LogP contribution in [0.1, 0.15) is 27.2 Å². The van der Waals surface area contributed by atoms with E-state index in [1.54, 1.807) is 0 Å².